The van der Waals surface area contributed by atoms with Gasteiger partial charge in [-0.1, -0.05) is 12.2 Å². The van der Waals surface area contributed by atoms with Crippen molar-refractivity contribution in [3.63, 3.8) is 0 Å². The van der Waals surface area contributed by atoms with Gasteiger partial charge in [0.05, 0.1) is 4.47 Å². The van der Waals surface area contributed by atoms with Crippen molar-refractivity contribution in [1.82, 2.24) is 9.97 Å². The summed E-state index contributed by atoms with van der Waals surface area (Å²) in [7, 11) is 0. The highest BCUT2D eigenvalue weighted by molar-refractivity contribution is 9.10. The van der Waals surface area contributed by atoms with Crippen LogP contribution in [0.15, 0.2) is 22.8 Å². The average Bonchev–Trinajstić information content (AvgIpc) is 2.11. The third kappa shape index (κ3) is 3.32. The summed E-state index contributed by atoms with van der Waals surface area (Å²) in [5.41, 5.74) is 0. The quantitative estimate of drug-likeness (QED) is 0.621. The Morgan fingerprint density at radius 1 is 1.69 bits per heavy atom. The molecule has 0 aliphatic carbocycles. The van der Waals surface area contributed by atoms with Gasteiger partial charge in [0.1, 0.15) is 6.61 Å². The van der Waals surface area contributed by atoms with Gasteiger partial charge >= 0.3 is 0 Å². The van der Waals surface area contributed by atoms with Gasteiger partial charge in [-0.05, 0) is 34.5 Å². The lowest BCUT2D eigenvalue weighted by Gasteiger charge is -2.03. The van der Waals surface area contributed by atoms with Crippen LogP contribution in [0, 0.1) is 0 Å². The molecule has 5 heteroatoms. The van der Waals surface area contributed by atoms with Gasteiger partial charge < -0.3 is 4.74 Å². The summed E-state index contributed by atoms with van der Waals surface area (Å²) in [4.78, 5) is 7.67. The number of aromatic nitrogens is 2. The van der Waals surface area contributed by atoms with Crippen LogP contribution in [0.2, 0.25) is 5.28 Å². The Kier molecular flexibility index (Phi) is 4.18. The fourth-order valence-electron chi connectivity index (χ4n) is 0.656. The number of rotatable bonds is 3. The lowest BCUT2D eigenvalue weighted by molar-refractivity contribution is 0.345. The first-order valence-electron chi connectivity index (χ1n) is 3.66. The van der Waals surface area contributed by atoms with E-state index in [1.165, 1.54) is 0 Å². The molecule has 0 saturated heterocycles. The molecule has 1 rings (SSSR count). The van der Waals surface area contributed by atoms with Gasteiger partial charge in [-0.15, -0.1) is 0 Å². The van der Waals surface area contributed by atoms with Crippen LogP contribution in [-0.4, -0.2) is 16.6 Å². The summed E-state index contributed by atoms with van der Waals surface area (Å²) < 4.78 is 5.98. The number of hydrogen-bond donors (Lipinski definition) is 0. The van der Waals surface area contributed by atoms with Crippen LogP contribution >= 0.6 is 27.5 Å². The topological polar surface area (TPSA) is 35.0 Å². The predicted molar refractivity (Wildman–Crippen MR) is 55.1 cm³/mol. The van der Waals surface area contributed by atoms with Crippen molar-refractivity contribution in [2.45, 2.75) is 6.92 Å². The third-order valence-corrected chi connectivity index (χ3v) is 1.96. The van der Waals surface area contributed by atoms with Crippen LogP contribution in [0.4, 0.5) is 0 Å². The second kappa shape index (κ2) is 5.19. The molecule has 0 atom stereocenters. The second-order valence-corrected chi connectivity index (χ2v) is 3.36. The molecular formula is C8H8BrClN2O. The third-order valence-electron chi connectivity index (χ3n) is 1.23. The maximum Gasteiger partial charge on any atom is 0.232 e. The molecule has 0 fully saturated rings. The summed E-state index contributed by atoms with van der Waals surface area (Å²) in [5.74, 6) is 0.457. The normalized spacial score (nSPS) is 10.7. The van der Waals surface area contributed by atoms with Crippen LogP contribution in [0.1, 0.15) is 6.92 Å². The van der Waals surface area contributed by atoms with E-state index in [2.05, 4.69) is 25.9 Å². The van der Waals surface area contributed by atoms with Crippen molar-refractivity contribution in [3.05, 3.63) is 28.1 Å². The van der Waals surface area contributed by atoms with Crippen molar-refractivity contribution in [1.29, 1.82) is 0 Å². The molecule has 70 valence electrons. The zero-order valence-electron chi connectivity index (χ0n) is 7.00. The van der Waals surface area contributed by atoms with Crippen LogP contribution in [0.3, 0.4) is 0 Å². The molecule has 0 aliphatic rings. The molecule has 13 heavy (non-hydrogen) atoms. The minimum atomic E-state index is 0.179. The van der Waals surface area contributed by atoms with E-state index in [4.69, 9.17) is 16.3 Å². The molecule has 1 aromatic heterocycles. The zero-order chi connectivity index (χ0) is 9.68. The largest absolute Gasteiger partial charge is 0.473 e. The Balaban J connectivity index is 2.69. The molecular weight excluding hydrogens is 255 g/mol. The highest BCUT2D eigenvalue weighted by Gasteiger charge is 2.03. The van der Waals surface area contributed by atoms with E-state index in [0.717, 1.165) is 0 Å². The second-order valence-electron chi connectivity index (χ2n) is 2.17. The maximum atomic E-state index is 5.59. The standard InChI is InChI=1S/C8H8BrClN2O/c1-2-3-4-13-7-6(9)5-11-8(10)12-7/h2-3,5H,4H2,1H3. The SMILES string of the molecule is CC=CCOc1nc(Cl)ncc1Br. The molecule has 0 spiro atoms. The Bertz CT molecular complexity index is 317. The monoisotopic (exact) mass is 262 g/mol. The minimum absolute atomic E-state index is 0.179. The summed E-state index contributed by atoms with van der Waals surface area (Å²) in [6.07, 6.45) is 5.33. The van der Waals surface area contributed by atoms with E-state index in [1.807, 2.05) is 19.1 Å². The predicted octanol–water partition coefficient (Wildman–Crippen LogP) is 2.85. The number of hydrogen-bond acceptors (Lipinski definition) is 3. The first-order valence-corrected chi connectivity index (χ1v) is 4.83. The van der Waals surface area contributed by atoms with Crippen molar-refractivity contribution in [2.24, 2.45) is 0 Å². The molecule has 0 saturated carbocycles. The first-order chi connectivity index (χ1) is 6.24. The van der Waals surface area contributed by atoms with Crippen LogP contribution in [-0.2, 0) is 0 Å². The molecule has 0 aliphatic heterocycles. The van der Waals surface area contributed by atoms with E-state index < -0.39 is 0 Å². The molecule has 0 unspecified atom stereocenters. The maximum absolute atomic E-state index is 5.59. The Morgan fingerprint density at radius 3 is 3.15 bits per heavy atom. The molecule has 1 aromatic rings. The van der Waals surface area contributed by atoms with Crippen molar-refractivity contribution in [2.75, 3.05) is 6.61 Å². The summed E-state index contributed by atoms with van der Waals surface area (Å²) in [5, 5.41) is 0.179. The van der Waals surface area contributed by atoms with Gasteiger partial charge in [0, 0.05) is 6.20 Å². The van der Waals surface area contributed by atoms with E-state index >= 15 is 0 Å². The number of halogens is 2. The van der Waals surface area contributed by atoms with Crippen molar-refractivity contribution in [3.8, 4) is 5.88 Å². The molecule has 3 nitrogen and oxygen atoms in total. The van der Waals surface area contributed by atoms with Crippen LogP contribution in [0.5, 0.6) is 5.88 Å². The van der Waals surface area contributed by atoms with Gasteiger partial charge in [0.15, 0.2) is 0 Å². The van der Waals surface area contributed by atoms with Crippen LogP contribution < -0.4 is 4.74 Å². The summed E-state index contributed by atoms with van der Waals surface area (Å²) >= 11 is 8.84. The van der Waals surface area contributed by atoms with Crippen molar-refractivity contribution >= 4 is 27.5 Å². The smallest absolute Gasteiger partial charge is 0.232 e. The number of nitrogens with zero attached hydrogens (tertiary/aromatic N) is 2. The Labute approximate surface area is 89.9 Å². The fraction of sp³-hybridized carbons (Fsp3) is 0.250. The highest BCUT2D eigenvalue weighted by atomic mass is 79.9. The van der Waals surface area contributed by atoms with E-state index in [-0.39, 0.29) is 5.28 Å². The number of allylic oxidation sites excluding steroid dienone is 1. The fourth-order valence-corrected chi connectivity index (χ4v) is 1.09. The van der Waals surface area contributed by atoms with Gasteiger partial charge in [0.25, 0.3) is 0 Å². The van der Waals surface area contributed by atoms with Gasteiger partial charge in [-0.3, -0.25) is 0 Å². The van der Waals surface area contributed by atoms with Crippen LogP contribution in [0.25, 0.3) is 0 Å². The van der Waals surface area contributed by atoms with Gasteiger partial charge in [-0.2, -0.15) is 4.98 Å². The summed E-state index contributed by atoms with van der Waals surface area (Å²) in [6.45, 7) is 2.40. The zero-order valence-corrected chi connectivity index (χ0v) is 9.34. The van der Waals surface area contributed by atoms with Gasteiger partial charge in [0.2, 0.25) is 11.2 Å². The van der Waals surface area contributed by atoms with Gasteiger partial charge in [-0.25, -0.2) is 4.98 Å². The van der Waals surface area contributed by atoms with E-state index in [1.54, 1.807) is 6.20 Å². The lowest BCUT2D eigenvalue weighted by atomic mass is 10.5. The summed E-state index contributed by atoms with van der Waals surface area (Å²) in [6, 6.07) is 0. The van der Waals surface area contributed by atoms with E-state index in [9.17, 15) is 0 Å². The molecule has 0 bridgehead atoms. The first kappa shape index (κ1) is 10.5. The Morgan fingerprint density at radius 2 is 2.46 bits per heavy atom. The molecule has 0 aromatic carbocycles. The Hall–Kier alpha value is -0.610. The molecule has 0 amide bonds. The van der Waals surface area contributed by atoms with E-state index in [0.29, 0.717) is 17.0 Å². The minimum Gasteiger partial charge on any atom is -0.473 e. The molecule has 0 radical (unpaired) electrons. The highest BCUT2D eigenvalue weighted by Crippen LogP contribution is 2.22. The lowest BCUT2D eigenvalue weighted by Crippen LogP contribution is -1.97. The average molecular weight is 264 g/mol. The number of ether oxygens (including phenoxy) is 1. The van der Waals surface area contributed by atoms with Crippen molar-refractivity contribution < 1.29 is 4.74 Å². The molecule has 0 N–H and O–H groups in total. The molecule has 1 heterocycles.